The summed E-state index contributed by atoms with van der Waals surface area (Å²) in [5.41, 5.74) is 3.31. The van der Waals surface area contributed by atoms with Crippen molar-refractivity contribution in [3.8, 4) is 5.75 Å². The van der Waals surface area contributed by atoms with E-state index in [4.69, 9.17) is 4.74 Å². The molecule has 0 aromatic heterocycles. The highest BCUT2D eigenvalue weighted by Gasteiger charge is 2.40. The van der Waals surface area contributed by atoms with Crippen LogP contribution in [0.1, 0.15) is 30.5 Å². The molecule has 2 aromatic rings. The number of carbonyl (C=O) groups excluding carboxylic acids is 2. The van der Waals surface area contributed by atoms with Crippen LogP contribution in [0.5, 0.6) is 5.75 Å². The summed E-state index contributed by atoms with van der Waals surface area (Å²) in [5, 5.41) is 9.38. The van der Waals surface area contributed by atoms with Crippen molar-refractivity contribution < 1.29 is 19.4 Å². The smallest absolute Gasteiger partial charge is 0.278 e. The summed E-state index contributed by atoms with van der Waals surface area (Å²) in [6, 6.07) is 15.0. The molecule has 0 radical (unpaired) electrons. The quantitative estimate of drug-likeness (QED) is 0.629. The number of likely N-dealkylation sites (N-methyl/N-ethyl adjacent to an activating group) is 1. The Bertz CT molecular complexity index is 962. The number of hydrogen-bond donors (Lipinski definition) is 1. The van der Waals surface area contributed by atoms with Gasteiger partial charge in [-0.2, -0.15) is 0 Å². The van der Waals surface area contributed by atoms with E-state index in [1.54, 1.807) is 24.1 Å². The van der Waals surface area contributed by atoms with Gasteiger partial charge in [-0.15, -0.1) is 0 Å². The van der Waals surface area contributed by atoms with Gasteiger partial charge in [-0.25, -0.2) is 0 Å². The Kier molecular flexibility index (Phi) is 7.13. The second kappa shape index (κ2) is 9.79. The number of aryl methyl sites for hydroxylation is 1. The third-order valence-electron chi connectivity index (χ3n) is 5.15. The Morgan fingerprint density at radius 1 is 1.00 bits per heavy atom. The van der Waals surface area contributed by atoms with Crippen LogP contribution in [0.25, 0.3) is 5.57 Å². The molecular formula is C25H30N2O4. The molecule has 2 amide bonds. The van der Waals surface area contributed by atoms with Gasteiger partial charge in [0.15, 0.2) is 0 Å². The molecule has 0 bridgehead atoms. The summed E-state index contributed by atoms with van der Waals surface area (Å²) in [5.74, 6) is 0.444. The van der Waals surface area contributed by atoms with E-state index in [-0.39, 0.29) is 31.5 Å². The van der Waals surface area contributed by atoms with Crippen molar-refractivity contribution in [1.29, 1.82) is 0 Å². The lowest BCUT2D eigenvalue weighted by Gasteiger charge is -2.20. The second-order valence-electron chi connectivity index (χ2n) is 8.28. The van der Waals surface area contributed by atoms with E-state index in [1.165, 1.54) is 4.90 Å². The van der Waals surface area contributed by atoms with Crippen LogP contribution in [0.4, 0.5) is 0 Å². The highest BCUT2D eigenvalue weighted by Crippen LogP contribution is 2.33. The molecule has 1 N–H and O–H groups in total. The minimum Gasteiger partial charge on any atom is -0.493 e. The molecule has 1 aliphatic rings. The van der Waals surface area contributed by atoms with Crippen molar-refractivity contribution in [2.45, 2.75) is 27.3 Å². The van der Waals surface area contributed by atoms with Crippen molar-refractivity contribution in [3.05, 3.63) is 70.9 Å². The number of ether oxygens (including phenoxy) is 1. The lowest BCUT2D eigenvalue weighted by Crippen LogP contribution is -2.34. The predicted octanol–water partition coefficient (Wildman–Crippen LogP) is 3.23. The van der Waals surface area contributed by atoms with Gasteiger partial charge in [0.25, 0.3) is 11.8 Å². The van der Waals surface area contributed by atoms with Crippen molar-refractivity contribution in [2.75, 3.05) is 26.8 Å². The van der Waals surface area contributed by atoms with Crippen LogP contribution in [0.15, 0.2) is 54.2 Å². The molecule has 6 heteroatoms. The van der Waals surface area contributed by atoms with E-state index < -0.39 is 0 Å². The Hall–Kier alpha value is -3.12. The molecule has 31 heavy (non-hydrogen) atoms. The molecule has 0 spiro atoms. The monoisotopic (exact) mass is 422 g/mol. The molecule has 1 aliphatic heterocycles. The third-order valence-corrected chi connectivity index (χ3v) is 5.15. The van der Waals surface area contributed by atoms with Crippen LogP contribution in [0, 0.1) is 12.8 Å². The molecule has 0 saturated heterocycles. The van der Waals surface area contributed by atoms with E-state index in [1.807, 2.05) is 43.3 Å². The van der Waals surface area contributed by atoms with Gasteiger partial charge in [0.05, 0.1) is 25.3 Å². The average Bonchev–Trinajstić information content (AvgIpc) is 2.99. The van der Waals surface area contributed by atoms with Crippen LogP contribution < -0.4 is 4.74 Å². The van der Waals surface area contributed by atoms with Crippen LogP contribution in [0.3, 0.4) is 0 Å². The Balaban J connectivity index is 1.92. The summed E-state index contributed by atoms with van der Waals surface area (Å²) < 4.78 is 5.73. The zero-order chi connectivity index (χ0) is 22.5. The van der Waals surface area contributed by atoms with Crippen molar-refractivity contribution in [2.24, 2.45) is 5.92 Å². The summed E-state index contributed by atoms with van der Waals surface area (Å²) in [6.07, 6.45) is 0. The van der Waals surface area contributed by atoms with E-state index in [9.17, 15) is 14.7 Å². The molecule has 0 unspecified atom stereocenters. The van der Waals surface area contributed by atoms with Crippen LogP contribution in [-0.2, 0) is 16.1 Å². The lowest BCUT2D eigenvalue weighted by molar-refractivity contribution is -0.138. The van der Waals surface area contributed by atoms with Gasteiger partial charge in [-0.05, 0) is 36.1 Å². The van der Waals surface area contributed by atoms with Crippen molar-refractivity contribution in [1.82, 2.24) is 9.80 Å². The highest BCUT2D eigenvalue weighted by atomic mass is 16.5. The second-order valence-corrected chi connectivity index (χ2v) is 8.28. The number of amides is 2. The van der Waals surface area contributed by atoms with Gasteiger partial charge in [0, 0.05) is 13.6 Å². The maximum atomic E-state index is 13.3. The normalized spacial score (nSPS) is 14.1. The van der Waals surface area contributed by atoms with E-state index >= 15 is 0 Å². The SMILES string of the molecule is Cc1ccc(CN2C(=O)C(c3ccc(OCC(C)C)cc3)=C(N(C)CCO)C2=O)cc1. The molecule has 6 nitrogen and oxygen atoms in total. The predicted molar refractivity (Wildman–Crippen MR) is 120 cm³/mol. The maximum Gasteiger partial charge on any atom is 0.278 e. The number of benzene rings is 2. The topological polar surface area (TPSA) is 70.1 Å². The minimum absolute atomic E-state index is 0.116. The molecule has 2 aromatic carbocycles. The molecule has 0 aliphatic carbocycles. The standard InChI is InChI=1S/C25H30N2O4/c1-17(2)16-31-21-11-9-20(10-12-21)22-23(26(4)13-14-28)25(30)27(24(22)29)15-19-7-5-18(3)6-8-19/h5-12,17,28H,13-16H2,1-4H3. The first-order chi connectivity index (χ1) is 14.8. The number of carbonyl (C=O) groups is 2. The number of nitrogens with zero attached hydrogens (tertiary/aromatic N) is 2. The van der Waals surface area contributed by atoms with Gasteiger partial charge < -0.3 is 14.7 Å². The number of imide groups is 1. The van der Waals surface area contributed by atoms with Crippen LogP contribution in [0.2, 0.25) is 0 Å². The first kappa shape index (κ1) is 22.6. The largest absolute Gasteiger partial charge is 0.493 e. The lowest BCUT2D eigenvalue weighted by atomic mass is 10.0. The summed E-state index contributed by atoms with van der Waals surface area (Å²) in [6.45, 7) is 7.09. The molecule has 0 atom stereocenters. The van der Waals surface area contributed by atoms with Crippen molar-refractivity contribution in [3.63, 3.8) is 0 Å². The van der Waals surface area contributed by atoms with Crippen LogP contribution in [-0.4, -0.2) is 53.5 Å². The zero-order valence-electron chi connectivity index (χ0n) is 18.6. The maximum absolute atomic E-state index is 13.3. The zero-order valence-corrected chi connectivity index (χ0v) is 18.6. The fraction of sp³-hybridized carbons (Fsp3) is 0.360. The first-order valence-electron chi connectivity index (χ1n) is 10.5. The number of aliphatic hydroxyl groups is 1. The molecule has 0 saturated carbocycles. The fourth-order valence-corrected chi connectivity index (χ4v) is 3.44. The molecular weight excluding hydrogens is 392 g/mol. The number of hydrogen-bond acceptors (Lipinski definition) is 5. The average molecular weight is 423 g/mol. The van der Waals surface area contributed by atoms with E-state index in [0.717, 1.165) is 16.9 Å². The van der Waals surface area contributed by atoms with Gasteiger partial charge in [-0.1, -0.05) is 55.8 Å². The van der Waals surface area contributed by atoms with E-state index in [0.29, 0.717) is 29.4 Å². The van der Waals surface area contributed by atoms with Gasteiger partial charge >= 0.3 is 0 Å². The molecule has 0 fully saturated rings. The Labute approximate surface area is 183 Å². The molecule has 3 rings (SSSR count). The third kappa shape index (κ3) is 5.14. The molecule has 164 valence electrons. The number of aliphatic hydroxyl groups excluding tert-OH is 1. The van der Waals surface area contributed by atoms with Crippen molar-refractivity contribution >= 4 is 17.4 Å². The summed E-state index contributed by atoms with van der Waals surface area (Å²) in [7, 11) is 1.71. The number of rotatable bonds is 9. The Morgan fingerprint density at radius 2 is 1.65 bits per heavy atom. The fourth-order valence-electron chi connectivity index (χ4n) is 3.44. The summed E-state index contributed by atoms with van der Waals surface area (Å²) >= 11 is 0. The van der Waals surface area contributed by atoms with Gasteiger partial charge in [0.2, 0.25) is 0 Å². The first-order valence-corrected chi connectivity index (χ1v) is 10.5. The highest BCUT2D eigenvalue weighted by molar-refractivity contribution is 6.35. The van der Waals surface area contributed by atoms with Gasteiger partial charge in [-0.3, -0.25) is 14.5 Å². The molecule has 1 heterocycles. The van der Waals surface area contributed by atoms with Gasteiger partial charge in [0.1, 0.15) is 11.4 Å². The van der Waals surface area contributed by atoms with Crippen LogP contribution >= 0.6 is 0 Å². The van der Waals surface area contributed by atoms with E-state index in [2.05, 4.69) is 13.8 Å². The Morgan fingerprint density at radius 3 is 2.23 bits per heavy atom. The minimum atomic E-state index is -0.350. The summed E-state index contributed by atoms with van der Waals surface area (Å²) in [4.78, 5) is 29.5.